The van der Waals surface area contributed by atoms with Gasteiger partial charge in [-0.05, 0) is 42.9 Å². The van der Waals surface area contributed by atoms with Gasteiger partial charge in [0.15, 0.2) is 5.75 Å². The molecular weight excluding hydrogens is 435 g/mol. The second kappa shape index (κ2) is 9.65. The maximum absolute atomic E-state index is 13.2. The van der Waals surface area contributed by atoms with Crippen molar-refractivity contribution in [2.24, 2.45) is 11.7 Å². The van der Waals surface area contributed by atoms with E-state index in [1.165, 1.54) is 4.90 Å². The Labute approximate surface area is 182 Å². The monoisotopic (exact) mass is 455 g/mol. The second-order valence-corrected chi connectivity index (χ2v) is 7.77. The molecule has 6 nitrogen and oxygen atoms in total. The van der Waals surface area contributed by atoms with Gasteiger partial charge in [0, 0.05) is 31.5 Å². The van der Waals surface area contributed by atoms with Crippen molar-refractivity contribution in [3.8, 4) is 5.75 Å². The van der Waals surface area contributed by atoms with E-state index in [2.05, 4.69) is 4.98 Å². The molecule has 0 bridgehead atoms. The van der Waals surface area contributed by atoms with Crippen molar-refractivity contribution in [2.75, 3.05) is 13.1 Å². The van der Waals surface area contributed by atoms with Crippen LogP contribution in [0, 0.1) is 5.92 Å². The van der Waals surface area contributed by atoms with Gasteiger partial charge in [-0.1, -0.05) is 23.7 Å². The second-order valence-electron chi connectivity index (χ2n) is 7.36. The third-order valence-electron chi connectivity index (χ3n) is 5.46. The number of halogens is 4. The Morgan fingerprint density at radius 2 is 2.03 bits per heavy atom. The third-order valence-corrected chi connectivity index (χ3v) is 5.76. The Morgan fingerprint density at radius 1 is 1.32 bits per heavy atom. The summed E-state index contributed by atoms with van der Waals surface area (Å²) in [5.74, 6) is -0.384. The van der Waals surface area contributed by atoms with E-state index in [-0.39, 0.29) is 30.8 Å². The van der Waals surface area contributed by atoms with Crippen LogP contribution in [-0.2, 0) is 17.4 Å². The van der Waals surface area contributed by atoms with Crippen molar-refractivity contribution in [2.45, 2.75) is 31.5 Å². The number of aromatic nitrogens is 1. The normalized spacial score (nSPS) is 16.1. The highest BCUT2D eigenvalue weighted by atomic mass is 35.5. The van der Waals surface area contributed by atoms with Crippen LogP contribution < -0.4 is 10.5 Å². The molecular formula is C21H21ClF3N3O3. The summed E-state index contributed by atoms with van der Waals surface area (Å²) in [6, 6.07) is 5.61. The van der Waals surface area contributed by atoms with Gasteiger partial charge < -0.3 is 15.4 Å². The topological polar surface area (TPSA) is 85.5 Å². The molecule has 1 amide bonds. The van der Waals surface area contributed by atoms with E-state index in [9.17, 15) is 22.8 Å². The standard InChI is InChI=1S/C21H21ClF3N3O3/c22-17-3-1-2-14(19(17)31-12-29)10-18(26)13-5-8-28(9-6-13)20(30)15-11-27-7-4-16(15)21(23,24)25/h1-4,7,11-13,18H,5-6,8-10,26H2. The first-order valence-electron chi connectivity index (χ1n) is 9.66. The van der Waals surface area contributed by atoms with E-state index < -0.39 is 23.2 Å². The van der Waals surface area contributed by atoms with Gasteiger partial charge in [0.05, 0.1) is 16.1 Å². The van der Waals surface area contributed by atoms with Crippen molar-refractivity contribution in [1.82, 2.24) is 9.88 Å². The van der Waals surface area contributed by atoms with E-state index in [0.717, 1.165) is 18.5 Å². The lowest BCUT2D eigenvalue weighted by molar-refractivity contribution is -0.138. The molecule has 1 saturated heterocycles. The molecule has 3 rings (SSSR count). The number of nitrogens with zero attached hydrogens (tertiary/aromatic N) is 2. The first kappa shape index (κ1) is 23.0. The molecule has 1 fully saturated rings. The van der Waals surface area contributed by atoms with Crippen LogP contribution in [0.25, 0.3) is 0 Å². The Bertz CT molecular complexity index is 947. The number of piperidine rings is 1. The lowest BCUT2D eigenvalue weighted by atomic mass is 9.86. The highest BCUT2D eigenvalue weighted by Crippen LogP contribution is 2.34. The number of rotatable bonds is 6. The molecule has 1 aliphatic rings. The van der Waals surface area contributed by atoms with Crippen LogP contribution in [0.2, 0.25) is 5.02 Å². The largest absolute Gasteiger partial charge is 0.427 e. The number of benzene rings is 1. The summed E-state index contributed by atoms with van der Waals surface area (Å²) in [6.07, 6.45) is -1.17. The van der Waals surface area contributed by atoms with Crippen LogP contribution in [0.1, 0.15) is 34.3 Å². The van der Waals surface area contributed by atoms with Crippen LogP contribution in [-0.4, -0.2) is 41.4 Å². The Morgan fingerprint density at radius 3 is 2.68 bits per heavy atom. The number of pyridine rings is 1. The predicted octanol–water partition coefficient (Wildman–Crippen LogP) is 3.71. The van der Waals surface area contributed by atoms with E-state index in [1.54, 1.807) is 18.2 Å². The number of nitrogens with two attached hydrogens (primary N) is 1. The molecule has 1 aromatic carbocycles. The highest BCUT2D eigenvalue weighted by molar-refractivity contribution is 6.32. The molecule has 1 aliphatic heterocycles. The number of para-hydroxylation sites is 1. The van der Waals surface area contributed by atoms with Crippen LogP contribution >= 0.6 is 11.6 Å². The Balaban J connectivity index is 1.65. The van der Waals surface area contributed by atoms with Gasteiger partial charge in [-0.15, -0.1) is 0 Å². The Kier molecular flexibility index (Phi) is 7.17. The summed E-state index contributed by atoms with van der Waals surface area (Å²) in [5, 5.41) is 0.300. The first-order valence-corrected chi connectivity index (χ1v) is 10.0. The summed E-state index contributed by atoms with van der Waals surface area (Å²) >= 11 is 6.08. The van der Waals surface area contributed by atoms with Crippen molar-refractivity contribution in [3.05, 3.63) is 58.4 Å². The average Bonchev–Trinajstić information content (AvgIpc) is 2.75. The molecule has 1 unspecified atom stereocenters. The highest BCUT2D eigenvalue weighted by Gasteiger charge is 2.37. The fourth-order valence-electron chi connectivity index (χ4n) is 3.83. The van der Waals surface area contributed by atoms with Crippen molar-refractivity contribution < 1.29 is 27.5 Å². The minimum absolute atomic E-state index is 0.0445. The minimum atomic E-state index is -4.63. The number of ether oxygens (including phenoxy) is 1. The van der Waals surface area contributed by atoms with E-state index in [1.807, 2.05) is 0 Å². The van der Waals surface area contributed by atoms with E-state index >= 15 is 0 Å². The zero-order chi connectivity index (χ0) is 22.6. The van der Waals surface area contributed by atoms with Gasteiger partial charge in [0.2, 0.25) is 0 Å². The first-order chi connectivity index (χ1) is 14.7. The molecule has 1 atom stereocenters. The van der Waals surface area contributed by atoms with Gasteiger partial charge in [-0.25, -0.2) is 0 Å². The Hall–Kier alpha value is -2.65. The minimum Gasteiger partial charge on any atom is -0.427 e. The molecule has 0 spiro atoms. The van der Waals surface area contributed by atoms with Crippen molar-refractivity contribution >= 4 is 24.0 Å². The molecule has 2 N–H and O–H groups in total. The maximum Gasteiger partial charge on any atom is 0.417 e. The molecule has 10 heteroatoms. The molecule has 166 valence electrons. The molecule has 2 aromatic rings. The number of amides is 1. The molecule has 0 radical (unpaired) electrons. The van der Waals surface area contributed by atoms with Gasteiger partial charge in [-0.3, -0.25) is 14.6 Å². The molecule has 0 aliphatic carbocycles. The fraction of sp³-hybridized carbons (Fsp3) is 0.381. The quantitative estimate of drug-likeness (QED) is 0.671. The molecule has 0 saturated carbocycles. The van der Waals surface area contributed by atoms with Crippen LogP contribution in [0.15, 0.2) is 36.7 Å². The molecule has 31 heavy (non-hydrogen) atoms. The fourth-order valence-corrected chi connectivity index (χ4v) is 4.07. The predicted molar refractivity (Wildman–Crippen MR) is 108 cm³/mol. The maximum atomic E-state index is 13.2. The number of hydrogen-bond donors (Lipinski definition) is 1. The summed E-state index contributed by atoms with van der Waals surface area (Å²) in [6.45, 7) is 0.876. The summed E-state index contributed by atoms with van der Waals surface area (Å²) in [5.41, 5.74) is 5.61. The van der Waals surface area contributed by atoms with E-state index in [4.69, 9.17) is 22.1 Å². The lowest BCUT2D eigenvalue weighted by Crippen LogP contribution is -2.44. The average molecular weight is 456 g/mol. The number of carbonyl (C=O) groups excluding carboxylic acids is 2. The lowest BCUT2D eigenvalue weighted by Gasteiger charge is -2.35. The van der Waals surface area contributed by atoms with Gasteiger partial charge in [-0.2, -0.15) is 13.2 Å². The van der Waals surface area contributed by atoms with Crippen LogP contribution in [0.4, 0.5) is 13.2 Å². The number of hydrogen-bond acceptors (Lipinski definition) is 5. The molecule has 2 heterocycles. The molecule has 1 aromatic heterocycles. The van der Waals surface area contributed by atoms with E-state index in [0.29, 0.717) is 36.3 Å². The summed E-state index contributed by atoms with van der Waals surface area (Å²) in [7, 11) is 0. The zero-order valence-corrected chi connectivity index (χ0v) is 17.2. The summed E-state index contributed by atoms with van der Waals surface area (Å²) in [4.78, 5) is 28.5. The smallest absolute Gasteiger partial charge is 0.417 e. The third kappa shape index (κ3) is 5.34. The van der Waals surface area contributed by atoms with Crippen LogP contribution in [0.5, 0.6) is 5.75 Å². The van der Waals surface area contributed by atoms with Crippen molar-refractivity contribution in [1.29, 1.82) is 0 Å². The van der Waals surface area contributed by atoms with Gasteiger partial charge >= 0.3 is 6.18 Å². The van der Waals surface area contributed by atoms with Gasteiger partial charge in [0.1, 0.15) is 0 Å². The number of likely N-dealkylation sites (tertiary alicyclic amines) is 1. The van der Waals surface area contributed by atoms with Gasteiger partial charge in [0.25, 0.3) is 12.4 Å². The number of alkyl halides is 3. The number of carbonyl (C=O) groups is 2. The zero-order valence-electron chi connectivity index (χ0n) is 16.4. The SMILES string of the molecule is NC(Cc1cccc(Cl)c1OC=O)C1CCN(C(=O)c2cnccc2C(F)(F)F)CC1. The van der Waals surface area contributed by atoms with Crippen molar-refractivity contribution in [3.63, 3.8) is 0 Å². The summed E-state index contributed by atoms with van der Waals surface area (Å²) < 4.78 is 44.6. The van der Waals surface area contributed by atoms with Crippen LogP contribution in [0.3, 0.4) is 0 Å².